The monoisotopic (exact) mass is 357 g/mol. The lowest BCUT2D eigenvalue weighted by Gasteiger charge is -2.34. The molecule has 3 rings (SSSR count). The number of ether oxygens (including phenoxy) is 1. The number of benzene rings is 1. The molecule has 1 aromatic heterocycles. The van der Waals surface area contributed by atoms with Crippen molar-refractivity contribution in [1.82, 2.24) is 14.7 Å². The fraction of sp³-hybridized carbons (Fsp3) is 0.421. The number of amides is 1. The molecule has 26 heavy (non-hydrogen) atoms. The molecule has 0 saturated carbocycles. The molecule has 0 aliphatic carbocycles. The Balaban J connectivity index is 1.92. The minimum Gasteiger partial charge on any atom is -0.481 e. The molecular weight excluding hydrogens is 334 g/mol. The molecule has 2 aromatic rings. The molecule has 1 aromatic carbocycles. The summed E-state index contributed by atoms with van der Waals surface area (Å²) in [4.78, 5) is 25.7. The van der Waals surface area contributed by atoms with Crippen molar-refractivity contribution < 1.29 is 19.4 Å². The first-order valence-corrected chi connectivity index (χ1v) is 8.61. The molecular formula is C19H23N3O4. The van der Waals surface area contributed by atoms with Crippen molar-refractivity contribution in [3.63, 3.8) is 0 Å². The zero-order chi connectivity index (χ0) is 18.8. The van der Waals surface area contributed by atoms with Crippen LogP contribution in [0, 0.1) is 20.8 Å². The maximum absolute atomic E-state index is 13.0. The summed E-state index contributed by atoms with van der Waals surface area (Å²) in [5.41, 5.74) is 4.34. The summed E-state index contributed by atoms with van der Waals surface area (Å²) in [7, 11) is 0. The molecule has 1 unspecified atom stereocenters. The number of aryl methyl sites for hydroxylation is 2. The van der Waals surface area contributed by atoms with Gasteiger partial charge in [0.1, 0.15) is 0 Å². The standard InChI is InChI=1S/C19H23N3O4/c1-12-4-5-13(2)17(8-12)22-14(3)16(10-20-22)19(25)21-6-7-26-11-15(21)9-18(23)24/h4-5,8,10,15H,6-7,9,11H2,1-3H3,(H,23,24). The second-order valence-electron chi connectivity index (χ2n) is 6.67. The molecule has 7 nitrogen and oxygen atoms in total. The molecule has 0 spiro atoms. The average molecular weight is 357 g/mol. The maximum atomic E-state index is 13.0. The van der Waals surface area contributed by atoms with Crippen LogP contribution in [-0.4, -0.2) is 57.5 Å². The number of aromatic nitrogens is 2. The normalized spacial score (nSPS) is 17.3. The lowest BCUT2D eigenvalue weighted by molar-refractivity contribution is -0.139. The number of hydrogen-bond acceptors (Lipinski definition) is 4. The molecule has 1 fully saturated rings. The van der Waals surface area contributed by atoms with Crippen molar-refractivity contribution in [1.29, 1.82) is 0 Å². The first kappa shape index (κ1) is 18.1. The van der Waals surface area contributed by atoms with E-state index in [9.17, 15) is 9.59 Å². The second kappa shape index (κ2) is 7.29. The Bertz CT molecular complexity index is 843. The lowest BCUT2D eigenvalue weighted by atomic mass is 10.1. The summed E-state index contributed by atoms with van der Waals surface area (Å²) in [6.45, 7) is 6.90. The predicted octanol–water partition coefficient (Wildman–Crippen LogP) is 2.11. The van der Waals surface area contributed by atoms with Crippen molar-refractivity contribution in [3.8, 4) is 5.69 Å². The van der Waals surface area contributed by atoms with E-state index in [-0.39, 0.29) is 18.9 Å². The number of morpholine rings is 1. The number of carboxylic acids is 1. The second-order valence-corrected chi connectivity index (χ2v) is 6.67. The van der Waals surface area contributed by atoms with Crippen LogP contribution in [0.5, 0.6) is 0 Å². The van der Waals surface area contributed by atoms with Gasteiger partial charge in [0.2, 0.25) is 0 Å². The highest BCUT2D eigenvalue weighted by Gasteiger charge is 2.31. The first-order valence-electron chi connectivity index (χ1n) is 8.61. The van der Waals surface area contributed by atoms with Crippen LogP contribution in [-0.2, 0) is 9.53 Å². The number of nitrogens with zero attached hydrogens (tertiary/aromatic N) is 3. The minimum absolute atomic E-state index is 0.129. The highest BCUT2D eigenvalue weighted by Crippen LogP contribution is 2.22. The molecule has 1 aliphatic heterocycles. The Morgan fingerprint density at radius 2 is 2.08 bits per heavy atom. The molecule has 1 amide bonds. The highest BCUT2D eigenvalue weighted by atomic mass is 16.5. The molecule has 138 valence electrons. The van der Waals surface area contributed by atoms with Crippen molar-refractivity contribution in [3.05, 3.63) is 46.8 Å². The third kappa shape index (κ3) is 3.48. The Morgan fingerprint density at radius 1 is 1.31 bits per heavy atom. The molecule has 1 atom stereocenters. The summed E-state index contributed by atoms with van der Waals surface area (Å²) in [5.74, 6) is -1.14. The van der Waals surface area contributed by atoms with Gasteiger partial charge in [-0.25, -0.2) is 4.68 Å². The van der Waals surface area contributed by atoms with E-state index in [1.807, 2.05) is 39.0 Å². The molecule has 0 radical (unpaired) electrons. The van der Waals surface area contributed by atoms with Crippen LogP contribution in [0.2, 0.25) is 0 Å². The SMILES string of the molecule is Cc1ccc(C)c(-n2ncc(C(=O)N3CCOCC3CC(=O)O)c2C)c1. The molecule has 7 heteroatoms. The Labute approximate surface area is 152 Å². The Kier molecular flexibility index (Phi) is 5.08. The van der Waals surface area contributed by atoms with Gasteiger partial charge in [0.25, 0.3) is 5.91 Å². The van der Waals surface area contributed by atoms with Gasteiger partial charge in [0.05, 0.1) is 48.8 Å². The van der Waals surface area contributed by atoms with E-state index in [0.29, 0.717) is 18.7 Å². The van der Waals surface area contributed by atoms with Gasteiger partial charge in [0, 0.05) is 6.54 Å². The van der Waals surface area contributed by atoms with Crippen molar-refractivity contribution in [2.24, 2.45) is 0 Å². The van der Waals surface area contributed by atoms with Crippen LogP contribution in [0.3, 0.4) is 0 Å². The number of carbonyl (C=O) groups excluding carboxylic acids is 1. The van der Waals surface area contributed by atoms with Gasteiger partial charge >= 0.3 is 5.97 Å². The molecule has 1 saturated heterocycles. The van der Waals surface area contributed by atoms with Crippen molar-refractivity contribution in [2.45, 2.75) is 33.2 Å². The Hall–Kier alpha value is -2.67. The van der Waals surface area contributed by atoms with E-state index < -0.39 is 12.0 Å². The number of rotatable bonds is 4. The molecule has 2 heterocycles. The van der Waals surface area contributed by atoms with Gasteiger partial charge in [0.15, 0.2) is 0 Å². The van der Waals surface area contributed by atoms with Gasteiger partial charge in [-0.05, 0) is 38.0 Å². The van der Waals surface area contributed by atoms with Crippen LogP contribution >= 0.6 is 0 Å². The first-order chi connectivity index (χ1) is 12.4. The highest BCUT2D eigenvalue weighted by molar-refractivity contribution is 5.95. The lowest BCUT2D eigenvalue weighted by Crippen LogP contribution is -2.49. The summed E-state index contributed by atoms with van der Waals surface area (Å²) < 4.78 is 7.12. The van der Waals surface area contributed by atoms with Crippen LogP contribution in [0.15, 0.2) is 24.4 Å². The van der Waals surface area contributed by atoms with Gasteiger partial charge in [-0.2, -0.15) is 5.10 Å². The van der Waals surface area contributed by atoms with E-state index in [2.05, 4.69) is 5.10 Å². The van der Waals surface area contributed by atoms with E-state index in [4.69, 9.17) is 9.84 Å². The van der Waals surface area contributed by atoms with E-state index >= 15 is 0 Å². The quantitative estimate of drug-likeness (QED) is 0.906. The van der Waals surface area contributed by atoms with Gasteiger partial charge in [-0.15, -0.1) is 0 Å². The van der Waals surface area contributed by atoms with E-state index in [1.54, 1.807) is 15.8 Å². The minimum atomic E-state index is -0.943. The van der Waals surface area contributed by atoms with E-state index in [0.717, 1.165) is 22.5 Å². The van der Waals surface area contributed by atoms with Crippen LogP contribution in [0.4, 0.5) is 0 Å². The molecule has 0 bridgehead atoms. The number of carbonyl (C=O) groups is 2. The van der Waals surface area contributed by atoms with Crippen LogP contribution < -0.4 is 0 Å². The predicted molar refractivity (Wildman–Crippen MR) is 95.7 cm³/mol. The summed E-state index contributed by atoms with van der Waals surface area (Å²) in [6, 6.07) is 5.63. The fourth-order valence-electron chi connectivity index (χ4n) is 3.26. The zero-order valence-corrected chi connectivity index (χ0v) is 15.2. The maximum Gasteiger partial charge on any atom is 0.305 e. The number of carboxylic acid groups (broad SMARTS) is 1. The summed E-state index contributed by atoms with van der Waals surface area (Å²) in [6.07, 6.45) is 1.43. The van der Waals surface area contributed by atoms with Gasteiger partial charge < -0.3 is 14.7 Å². The fourth-order valence-corrected chi connectivity index (χ4v) is 3.26. The summed E-state index contributed by atoms with van der Waals surface area (Å²) >= 11 is 0. The average Bonchev–Trinajstić information content (AvgIpc) is 2.98. The smallest absolute Gasteiger partial charge is 0.305 e. The topological polar surface area (TPSA) is 84.7 Å². The zero-order valence-electron chi connectivity index (χ0n) is 15.2. The van der Waals surface area contributed by atoms with E-state index in [1.165, 1.54) is 0 Å². The molecule has 1 N–H and O–H groups in total. The van der Waals surface area contributed by atoms with Crippen LogP contribution in [0.25, 0.3) is 5.69 Å². The van der Waals surface area contributed by atoms with Gasteiger partial charge in [-0.1, -0.05) is 12.1 Å². The van der Waals surface area contributed by atoms with Crippen molar-refractivity contribution in [2.75, 3.05) is 19.8 Å². The van der Waals surface area contributed by atoms with Gasteiger partial charge in [-0.3, -0.25) is 9.59 Å². The largest absolute Gasteiger partial charge is 0.481 e. The molecule has 1 aliphatic rings. The van der Waals surface area contributed by atoms with Crippen molar-refractivity contribution >= 4 is 11.9 Å². The third-order valence-corrected chi connectivity index (χ3v) is 4.73. The summed E-state index contributed by atoms with van der Waals surface area (Å²) in [5, 5.41) is 13.5. The third-order valence-electron chi connectivity index (χ3n) is 4.73. The number of aliphatic carboxylic acids is 1. The number of hydrogen-bond donors (Lipinski definition) is 1. The Morgan fingerprint density at radius 3 is 2.81 bits per heavy atom. The van der Waals surface area contributed by atoms with Crippen LogP contribution in [0.1, 0.15) is 33.6 Å².